The second-order valence-corrected chi connectivity index (χ2v) is 5.87. The van der Waals surface area contributed by atoms with E-state index < -0.39 is 0 Å². The summed E-state index contributed by atoms with van der Waals surface area (Å²) in [6.45, 7) is 7.77. The first-order valence-electron chi connectivity index (χ1n) is 7.42. The van der Waals surface area contributed by atoms with Gasteiger partial charge in [0.2, 0.25) is 0 Å². The zero-order valence-corrected chi connectivity index (χ0v) is 14.2. The van der Waals surface area contributed by atoms with Gasteiger partial charge in [0.1, 0.15) is 0 Å². The fourth-order valence-electron chi connectivity index (χ4n) is 2.30. The first-order chi connectivity index (χ1) is 10.7. The van der Waals surface area contributed by atoms with Crippen LogP contribution in [0.1, 0.15) is 17.5 Å². The third kappa shape index (κ3) is 4.09. The van der Waals surface area contributed by atoms with Crippen LogP contribution in [-0.4, -0.2) is 66.7 Å². The summed E-state index contributed by atoms with van der Waals surface area (Å²) < 4.78 is 5.03. The van der Waals surface area contributed by atoms with Crippen LogP contribution in [0.25, 0.3) is 0 Å². The van der Waals surface area contributed by atoms with Crippen LogP contribution < -0.4 is 5.32 Å². The number of hydrogen-bond acceptors (Lipinski definition) is 5. The van der Waals surface area contributed by atoms with Crippen LogP contribution in [0.2, 0.25) is 0 Å². The molecule has 1 aromatic rings. The van der Waals surface area contributed by atoms with Crippen LogP contribution in [0.15, 0.2) is 10.5 Å². The molecular weight excluding hydrogens is 302 g/mol. The Hall–Kier alpha value is -1.83. The minimum absolute atomic E-state index is 0.231. The first-order valence-corrected chi connectivity index (χ1v) is 8.30. The number of carbonyl (C=O) groups is 1. The highest BCUT2D eigenvalue weighted by molar-refractivity contribution is 7.09. The molecule has 2 heterocycles. The van der Waals surface area contributed by atoms with E-state index in [1.165, 1.54) is 4.88 Å². The lowest BCUT2D eigenvalue weighted by atomic mass is 10.3. The third-order valence-corrected chi connectivity index (χ3v) is 4.50. The van der Waals surface area contributed by atoms with Gasteiger partial charge in [-0.15, -0.1) is 11.3 Å². The van der Waals surface area contributed by atoms with Gasteiger partial charge in [0.15, 0.2) is 5.96 Å². The molecule has 1 saturated heterocycles. The van der Waals surface area contributed by atoms with E-state index in [9.17, 15) is 4.79 Å². The maximum Gasteiger partial charge on any atom is 0.409 e. The number of guanidine groups is 1. The monoisotopic (exact) mass is 325 g/mol. The van der Waals surface area contributed by atoms with Crippen LogP contribution in [-0.2, 0) is 11.3 Å². The molecule has 1 aromatic heterocycles. The van der Waals surface area contributed by atoms with E-state index in [-0.39, 0.29) is 6.09 Å². The Morgan fingerprint density at radius 2 is 2.09 bits per heavy atom. The molecule has 122 valence electrons. The van der Waals surface area contributed by atoms with Crippen molar-refractivity contribution in [3.8, 4) is 0 Å². The van der Waals surface area contributed by atoms with Crippen molar-refractivity contribution in [1.82, 2.24) is 20.1 Å². The van der Waals surface area contributed by atoms with Crippen LogP contribution in [0, 0.1) is 6.92 Å². The predicted molar refractivity (Wildman–Crippen MR) is 87.2 cm³/mol. The number of aromatic nitrogens is 1. The molecule has 8 heteroatoms. The molecule has 0 saturated carbocycles. The van der Waals surface area contributed by atoms with Crippen LogP contribution >= 0.6 is 11.3 Å². The quantitative estimate of drug-likeness (QED) is 0.670. The summed E-state index contributed by atoms with van der Waals surface area (Å²) in [6.07, 6.45) is -0.231. The van der Waals surface area contributed by atoms with Gasteiger partial charge in [0.05, 0.1) is 24.4 Å². The maximum absolute atomic E-state index is 11.7. The van der Waals surface area contributed by atoms with Crippen molar-refractivity contribution in [1.29, 1.82) is 0 Å². The molecule has 1 amide bonds. The molecule has 1 aliphatic heterocycles. The Morgan fingerprint density at radius 1 is 1.41 bits per heavy atom. The second-order valence-electron chi connectivity index (χ2n) is 4.93. The first kappa shape index (κ1) is 16.5. The predicted octanol–water partition coefficient (Wildman–Crippen LogP) is 1.30. The number of rotatable bonds is 3. The standard InChI is InChI=1S/C14H23N5O2S/c1-4-21-14(20)19-7-5-18(6-8-19)13(15-3)16-9-12-11(2)17-10-22-12/h10H,4-9H2,1-3H3,(H,15,16). The number of nitrogens with one attached hydrogen (secondary N) is 1. The highest BCUT2D eigenvalue weighted by Crippen LogP contribution is 2.12. The largest absolute Gasteiger partial charge is 0.450 e. The van der Waals surface area contributed by atoms with E-state index in [0.29, 0.717) is 19.7 Å². The number of piperazine rings is 1. The van der Waals surface area contributed by atoms with E-state index in [4.69, 9.17) is 4.74 Å². The van der Waals surface area contributed by atoms with Gasteiger partial charge in [-0.1, -0.05) is 0 Å². The van der Waals surface area contributed by atoms with E-state index >= 15 is 0 Å². The normalized spacial score (nSPS) is 15.9. The summed E-state index contributed by atoms with van der Waals surface area (Å²) in [7, 11) is 1.78. The SMILES string of the molecule is CCOC(=O)N1CCN(C(=NC)NCc2scnc2C)CC1. The summed E-state index contributed by atoms with van der Waals surface area (Å²) in [4.78, 5) is 25.4. The van der Waals surface area contributed by atoms with E-state index in [1.807, 2.05) is 19.4 Å². The van der Waals surface area contributed by atoms with E-state index in [0.717, 1.165) is 31.3 Å². The van der Waals surface area contributed by atoms with Crippen LogP contribution in [0.3, 0.4) is 0 Å². The van der Waals surface area contributed by atoms with E-state index in [2.05, 4.69) is 20.2 Å². The molecule has 22 heavy (non-hydrogen) atoms. The topological polar surface area (TPSA) is 70.1 Å². The molecule has 7 nitrogen and oxygen atoms in total. The summed E-state index contributed by atoms with van der Waals surface area (Å²) in [6, 6.07) is 0. The average molecular weight is 325 g/mol. The van der Waals surface area contributed by atoms with Gasteiger partial charge in [0.25, 0.3) is 0 Å². The van der Waals surface area contributed by atoms with Gasteiger partial charge in [0, 0.05) is 38.1 Å². The third-order valence-electron chi connectivity index (χ3n) is 3.57. The van der Waals surface area contributed by atoms with Crippen LogP contribution in [0.4, 0.5) is 4.79 Å². The Balaban J connectivity index is 1.83. The van der Waals surface area contributed by atoms with Gasteiger partial charge in [-0.3, -0.25) is 4.99 Å². The highest BCUT2D eigenvalue weighted by atomic mass is 32.1. The number of ether oxygens (including phenoxy) is 1. The Morgan fingerprint density at radius 3 is 2.64 bits per heavy atom. The summed E-state index contributed by atoms with van der Waals surface area (Å²) in [5.41, 5.74) is 2.91. The molecule has 0 aromatic carbocycles. The zero-order chi connectivity index (χ0) is 15.9. The fraction of sp³-hybridized carbons (Fsp3) is 0.643. The molecule has 1 aliphatic rings. The van der Waals surface area contributed by atoms with Crippen molar-refractivity contribution in [2.75, 3.05) is 39.8 Å². The minimum Gasteiger partial charge on any atom is -0.450 e. The average Bonchev–Trinajstić information content (AvgIpc) is 2.94. The highest BCUT2D eigenvalue weighted by Gasteiger charge is 2.23. The molecule has 0 spiro atoms. The van der Waals surface area contributed by atoms with Crippen molar-refractivity contribution in [3.63, 3.8) is 0 Å². The number of aryl methyl sites for hydroxylation is 1. The number of aliphatic imine (C=N–C) groups is 1. The van der Waals surface area contributed by atoms with Gasteiger partial charge in [-0.05, 0) is 13.8 Å². The van der Waals surface area contributed by atoms with Gasteiger partial charge in [-0.2, -0.15) is 0 Å². The molecule has 0 aliphatic carbocycles. The Bertz CT molecular complexity index is 523. The summed E-state index contributed by atoms with van der Waals surface area (Å²) in [5, 5.41) is 3.36. The van der Waals surface area contributed by atoms with E-state index in [1.54, 1.807) is 23.3 Å². The molecule has 1 fully saturated rings. The van der Waals surface area contributed by atoms with Crippen molar-refractivity contribution >= 4 is 23.4 Å². The molecule has 0 radical (unpaired) electrons. The molecular formula is C14H23N5O2S. The zero-order valence-electron chi connectivity index (χ0n) is 13.3. The van der Waals surface area contributed by atoms with Crippen molar-refractivity contribution in [2.45, 2.75) is 20.4 Å². The van der Waals surface area contributed by atoms with Crippen molar-refractivity contribution in [2.24, 2.45) is 4.99 Å². The lowest BCUT2D eigenvalue weighted by molar-refractivity contribution is 0.0914. The lowest BCUT2D eigenvalue weighted by Gasteiger charge is -2.35. The van der Waals surface area contributed by atoms with Gasteiger partial charge in [-0.25, -0.2) is 9.78 Å². The smallest absolute Gasteiger partial charge is 0.409 e. The van der Waals surface area contributed by atoms with Crippen LogP contribution in [0.5, 0.6) is 0 Å². The number of hydrogen-bond donors (Lipinski definition) is 1. The van der Waals surface area contributed by atoms with Gasteiger partial charge < -0.3 is 19.9 Å². The summed E-state index contributed by atoms with van der Waals surface area (Å²) in [5.74, 6) is 0.858. The second kappa shape index (κ2) is 7.98. The molecule has 0 bridgehead atoms. The van der Waals surface area contributed by atoms with Crippen molar-refractivity contribution in [3.05, 3.63) is 16.1 Å². The minimum atomic E-state index is -0.231. The molecule has 1 N–H and O–H groups in total. The Labute approximate surface area is 135 Å². The maximum atomic E-state index is 11.7. The van der Waals surface area contributed by atoms with Crippen molar-refractivity contribution < 1.29 is 9.53 Å². The number of amides is 1. The molecule has 2 rings (SSSR count). The Kier molecular flexibility index (Phi) is 6.00. The molecule has 0 unspecified atom stereocenters. The number of thiazole rings is 1. The lowest BCUT2D eigenvalue weighted by Crippen LogP contribution is -2.53. The number of carbonyl (C=O) groups excluding carboxylic acids is 1. The number of nitrogens with zero attached hydrogens (tertiary/aromatic N) is 4. The molecule has 0 atom stereocenters. The summed E-state index contributed by atoms with van der Waals surface area (Å²) >= 11 is 1.64. The fourth-order valence-corrected chi connectivity index (χ4v) is 3.02. The van der Waals surface area contributed by atoms with Gasteiger partial charge >= 0.3 is 6.09 Å².